The summed E-state index contributed by atoms with van der Waals surface area (Å²) in [6.45, 7) is 2.02. The van der Waals surface area contributed by atoms with Gasteiger partial charge < -0.3 is 4.98 Å². The van der Waals surface area contributed by atoms with Crippen molar-refractivity contribution in [1.29, 1.82) is 0 Å². The minimum absolute atomic E-state index is 0.710. The molecule has 1 N–H and O–H groups in total. The minimum atomic E-state index is 0.710. The van der Waals surface area contributed by atoms with Crippen molar-refractivity contribution < 1.29 is 0 Å². The van der Waals surface area contributed by atoms with Crippen LogP contribution in [0, 0.1) is 17.5 Å². The van der Waals surface area contributed by atoms with Crippen molar-refractivity contribution in [1.82, 2.24) is 9.97 Å². The predicted octanol–water partition coefficient (Wildman–Crippen LogP) is 2.40. The summed E-state index contributed by atoms with van der Waals surface area (Å²) in [4.78, 5) is 7.52. The van der Waals surface area contributed by atoms with Gasteiger partial charge >= 0.3 is 0 Å². The highest BCUT2D eigenvalue weighted by molar-refractivity contribution is 7.71. The van der Waals surface area contributed by atoms with Crippen LogP contribution >= 0.6 is 12.2 Å². The first-order valence-electron chi connectivity index (χ1n) is 4.31. The molecule has 0 aromatic carbocycles. The molecule has 0 spiro atoms. The fourth-order valence-electron chi connectivity index (χ4n) is 1.33. The molecule has 0 aliphatic heterocycles. The molecule has 1 fully saturated rings. The first kappa shape index (κ1) is 7.92. The number of hydrogen-bond acceptors (Lipinski definition) is 2. The molecule has 1 aliphatic carbocycles. The number of hydrogen-bond donors (Lipinski definition) is 1. The molecule has 3 heteroatoms. The first-order chi connectivity index (χ1) is 5.74. The summed E-state index contributed by atoms with van der Waals surface area (Å²) in [6.07, 6.45) is 3.79. The SMILES string of the molecule is Cc1cc(=S)nc(CC2CC2)[nH]1. The Balaban J connectivity index is 2.23. The molecule has 0 radical (unpaired) electrons. The molecule has 0 saturated heterocycles. The van der Waals surface area contributed by atoms with Gasteiger partial charge in [0.15, 0.2) is 0 Å². The van der Waals surface area contributed by atoms with Crippen LogP contribution in [0.25, 0.3) is 0 Å². The van der Waals surface area contributed by atoms with Crippen LogP contribution < -0.4 is 0 Å². The minimum Gasteiger partial charge on any atom is -0.347 e. The van der Waals surface area contributed by atoms with Crippen molar-refractivity contribution in [2.75, 3.05) is 0 Å². The number of aromatic nitrogens is 2. The summed E-state index contributed by atoms with van der Waals surface area (Å²) in [6, 6.07) is 1.89. The molecule has 1 heterocycles. The van der Waals surface area contributed by atoms with Crippen molar-refractivity contribution in [3.05, 3.63) is 22.2 Å². The lowest BCUT2D eigenvalue weighted by atomic mass is 10.3. The number of aryl methyl sites for hydroxylation is 1. The van der Waals surface area contributed by atoms with Crippen LogP contribution in [0.5, 0.6) is 0 Å². The van der Waals surface area contributed by atoms with Gasteiger partial charge in [-0.25, -0.2) is 4.98 Å². The Labute approximate surface area is 77.0 Å². The van der Waals surface area contributed by atoms with E-state index in [1.807, 2.05) is 13.0 Å². The van der Waals surface area contributed by atoms with E-state index in [-0.39, 0.29) is 0 Å². The average Bonchev–Trinajstić information content (AvgIpc) is 2.68. The van der Waals surface area contributed by atoms with E-state index in [9.17, 15) is 0 Å². The van der Waals surface area contributed by atoms with E-state index in [1.165, 1.54) is 12.8 Å². The summed E-state index contributed by atoms with van der Waals surface area (Å²) < 4.78 is 0.710. The summed E-state index contributed by atoms with van der Waals surface area (Å²) in [7, 11) is 0. The third kappa shape index (κ3) is 1.91. The number of rotatable bonds is 2. The molecule has 1 aromatic heterocycles. The molecular formula is C9H12N2S. The Bertz CT molecular complexity index is 339. The van der Waals surface area contributed by atoms with Gasteiger partial charge in [-0.3, -0.25) is 0 Å². The summed E-state index contributed by atoms with van der Waals surface area (Å²) in [5, 5.41) is 0. The zero-order valence-corrected chi connectivity index (χ0v) is 7.95. The van der Waals surface area contributed by atoms with Crippen LogP contribution in [0.3, 0.4) is 0 Å². The van der Waals surface area contributed by atoms with E-state index < -0.39 is 0 Å². The Kier molecular flexibility index (Phi) is 1.97. The van der Waals surface area contributed by atoms with E-state index >= 15 is 0 Å². The highest BCUT2D eigenvalue weighted by Gasteiger charge is 2.22. The third-order valence-electron chi connectivity index (χ3n) is 2.11. The van der Waals surface area contributed by atoms with Crippen LogP contribution in [0.4, 0.5) is 0 Å². The van der Waals surface area contributed by atoms with Crippen molar-refractivity contribution in [3.63, 3.8) is 0 Å². The van der Waals surface area contributed by atoms with Crippen molar-refractivity contribution in [2.45, 2.75) is 26.2 Å². The zero-order valence-electron chi connectivity index (χ0n) is 7.13. The van der Waals surface area contributed by atoms with Gasteiger partial charge in [0.1, 0.15) is 10.5 Å². The van der Waals surface area contributed by atoms with Crippen molar-refractivity contribution in [3.8, 4) is 0 Å². The predicted molar refractivity (Wildman–Crippen MR) is 50.6 cm³/mol. The fraction of sp³-hybridized carbons (Fsp3) is 0.556. The van der Waals surface area contributed by atoms with Crippen LogP contribution in [0.15, 0.2) is 6.07 Å². The lowest BCUT2D eigenvalue weighted by Crippen LogP contribution is -1.98. The van der Waals surface area contributed by atoms with E-state index in [0.717, 1.165) is 23.9 Å². The molecule has 0 atom stereocenters. The molecule has 2 rings (SSSR count). The highest BCUT2D eigenvalue weighted by atomic mass is 32.1. The third-order valence-corrected chi connectivity index (χ3v) is 2.31. The van der Waals surface area contributed by atoms with Gasteiger partial charge in [-0.05, 0) is 31.7 Å². The van der Waals surface area contributed by atoms with E-state index in [4.69, 9.17) is 12.2 Å². The number of nitrogens with one attached hydrogen (secondary N) is 1. The lowest BCUT2D eigenvalue weighted by molar-refractivity contribution is 0.761. The van der Waals surface area contributed by atoms with Gasteiger partial charge in [0.05, 0.1) is 0 Å². The van der Waals surface area contributed by atoms with Crippen LogP contribution in [0.2, 0.25) is 0 Å². The smallest absolute Gasteiger partial charge is 0.129 e. The maximum Gasteiger partial charge on any atom is 0.129 e. The summed E-state index contributed by atoms with van der Waals surface area (Å²) in [5.41, 5.74) is 1.12. The molecule has 12 heavy (non-hydrogen) atoms. The maximum absolute atomic E-state index is 5.03. The monoisotopic (exact) mass is 180 g/mol. The maximum atomic E-state index is 5.03. The molecule has 2 nitrogen and oxygen atoms in total. The van der Waals surface area contributed by atoms with Crippen molar-refractivity contribution in [2.24, 2.45) is 5.92 Å². The molecule has 0 bridgehead atoms. The van der Waals surface area contributed by atoms with E-state index in [2.05, 4.69) is 9.97 Å². The second-order valence-electron chi connectivity index (χ2n) is 3.50. The second-order valence-corrected chi connectivity index (χ2v) is 3.91. The number of H-pyrrole nitrogens is 1. The molecular weight excluding hydrogens is 168 g/mol. The van der Waals surface area contributed by atoms with Gasteiger partial charge in [0, 0.05) is 12.1 Å². The van der Waals surface area contributed by atoms with Gasteiger partial charge in [-0.2, -0.15) is 0 Å². The van der Waals surface area contributed by atoms with Gasteiger partial charge in [-0.15, -0.1) is 0 Å². The van der Waals surface area contributed by atoms with Gasteiger partial charge in [-0.1, -0.05) is 12.2 Å². The standard InChI is InChI=1S/C9H12N2S/c1-6-4-9(12)11-8(10-6)5-7-2-3-7/h4,7H,2-3,5H2,1H3,(H,10,11,12). The van der Waals surface area contributed by atoms with Crippen LogP contribution in [-0.4, -0.2) is 9.97 Å². The second kappa shape index (κ2) is 2.98. The highest BCUT2D eigenvalue weighted by Crippen LogP contribution is 2.31. The Hall–Kier alpha value is -0.700. The molecule has 0 amide bonds. The Morgan fingerprint density at radius 3 is 3.00 bits per heavy atom. The first-order valence-corrected chi connectivity index (χ1v) is 4.72. The number of aromatic amines is 1. The van der Waals surface area contributed by atoms with Crippen molar-refractivity contribution >= 4 is 12.2 Å². The Morgan fingerprint density at radius 2 is 2.42 bits per heavy atom. The Morgan fingerprint density at radius 1 is 1.67 bits per heavy atom. The molecule has 1 aromatic rings. The summed E-state index contributed by atoms with van der Waals surface area (Å²) >= 11 is 5.03. The van der Waals surface area contributed by atoms with E-state index in [0.29, 0.717) is 4.64 Å². The molecule has 0 unspecified atom stereocenters. The normalized spacial score (nSPS) is 16.4. The zero-order chi connectivity index (χ0) is 8.55. The molecule has 64 valence electrons. The van der Waals surface area contributed by atoms with E-state index in [1.54, 1.807) is 0 Å². The quantitative estimate of drug-likeness (QED) is 0.708. The molecule has 1 aliphatic rings. The summed E-state index contributed by atoms with van der Waals surface area (Å²) in [5.74, 6) is 1.92. The average molecular weight is 180 g/mol. The largest absolute Gasteiger partial charge is 0.347 e. The lowest BCUT2D eigenvalue weighted by Gasteiger charge is -2.00. The van der Waals surface area contributed by atoms with Gasteiger partial charge in [0.25, 0.3) is 0 Å². The van der Waals surface area contributed by atoms with Crippen LogP contribution in [0.1, 0.15) is 24.4 Å². The fourth-order valence-corrected chi connectivity index (χ4v) is 1.62. The topological polar surface area (TPSA) is 28.7 Å². The molecule has 1 saturated carbocycles. The van der Waals surface area contributed by atoms with Gasteiger partial charge in [0.2, 0.25) is 0 Å². The number of nitrogens with zero attached hydrogens (tertiary/aromatic N) is 1. The van der Waals surface area contributed by atoms with Crippen LogP contribution in [-0.2, 0) is 6.42 Å².